The van der Waals surface area contributed by atoms with Gasteiger partial charge in [-0.05, 0) is 75.3 Å². The molecule has 4 fully saturated rings. The summed E-state index contributed by atoms with van der Waals surface area (Å²) in [4.78, 5) is 13.8. The van der Waals surface area contributed by atoms with Gasteiger partial charge < -0.3 is 5.32 Å². The molecule has 8 nitrogen and oxygen atoms in total. The minimum atomic E-state index is -0.105. The van der Waals surface area contributed by atoms with Crippen molar-refractivity contribution < 1.29 is 4.79 Å². The van der Waals surface area contributed by atoms with Gasteiger partial charge in [-0.1, -0.05) is 18.2 Å². The number of rotatable bonds is 7. The maximum atomic E-state index is 13.8. The lowest BCUT2D eigenvalue weighted by atomic mass is 9.48. The maximum Gasteiger partial charge on any atom is 0.259 e. The monoisotopic (exact) mass is 495 g/mol. The van der Waals surface area contributed by atoms with E-state index >= 15 is 0 Å². The summed E-state index contributed by atoms with van der Waals surface area (Å²) in [5.74, 6) is 2.23. The number of hydrogen-bond donors (Lipinski definition) is 1. The number of anilines is 1. The lowest BCUT2D eigenvalue weighted by Crippen LogP contribution is -2.49. The third kappa shape index (κ3) is 4.08. The number of aryl methyl sites for hydroxylation is 1. The summed E-state index contributed by atoms with van der Waals surface area (Å²) < 4.78 is 5.63. The van der Waals surface area contributed by atoms with Crippen LogP contribution < -0.4 is 5.32 Å². The molecule has 37 heavy (non-hydrogen) atoms. The van der Waals surface area contributed by atoms with Crippen LogP contribution in [0.1, 0.15) is 67.1 Å². The Morgan fingerprint density at radius 1 is 0.946 bits per heavy atom. The Balaban J connectivity index is 1.18. The smallest absolute Gasteiger partial charge is 0.259 e. The predicted molar refractivity (Wildman–Crippen MR) is 141 cm³/mol. The second kappa shape index (κ2) is 8.71. The summed E-state index contributed by atoms with van der Waals surface area (Å²) in [6, 6.07) is 10.1. The average molecular weight is 496 g/mol. The molecule has 0 spiro atoms. The van der Waals surface area contributed by atoms with Crippen LogP contribution in [0.3, 0.4) is 0 Å². The van der Waals surface area contributed by atoms with E-state index in [0.717, 1.165) is 60.5 Å². The van der Waals surface area contributed by atoms with Crippen LogP contribution >= 0.6 is 0 Å². The Labute approximate surface area is 216 Å². The van der Waals surface area contributed by atoms with Gasteiger partial charge in [-0.25, -0.2) is 4.68 Å². The van der Waals surface area contributed by atoms with Crippen LogP contribution in [0, 0.1) is 17.8 Å². The van der Waals surface area contributed by atoms with E-state index in [1.54, 1.807) is 6.20 Å². The summed E-state index contributed by atoms with van der Waals surface area (Å²) in [5.41, 5.74) is 4.46. The van der Waals surface area contributed by atoms with Crippen LogP contribution in [0.2, 0.25) is 0 Å². The van der Waals surface area contributed by atoms with Gasteiger partial charge in [-0.3, -0.25) is 14.2 Å². The highest BCUT2D eigenvalue weighted by Gasteiger charge is 2.53. The molecular formula is C29H33N7O. The zero-order valence-corrected chi connectivity index (χ0v) is 21.3. The van der Waals surface area contributed by atoms with E-state index in [2.05, 4.69) is 22.4 Å². The van der Waals surface area contributed by atoms with Gasteiger partial charge in [0, 0.05) is 36.1 Å². The van der Waals surface area contributed by atoms with E-state index in [-0.39, 0.29) is 11.3 Å². The largest absolute Gasteiger partial charge is 0.319 e. The van der Waals surface area contributed by atoms with Crippen LogP contribution in [-0.4, -0.2) is 35.2 Å². The summed E-state index contributed by atoms with van der Waals surface area (Å²) >= 11 is 0. The topological polar surface area (TPSA) is 82.6 Å². The first-order chi connectivity index (χ1) is 18.1. The van der Waals surface area contributed by atoms with Crippen LogP contribution in [0.25, 0.3) is 5.69 Å². The van der Waals surface area contributed by atoms with Crippen LogP contribution in [0.5, 0.6) is 0 Å². The fourth-order valence-electron chi connectivity index (χ4n) is 7.61. The Bertz CT molecular complexity index is 1390. The van der Waals surface area contributed by atoms with Crippen molar-refractivity contribution in [1.82, 2.24) is 29.3 Å². The third-order valence-corrected chi connectivity index (χ3v) is 8.77. The summed E-state index contributed by atoms with van der Waals surface area (Å²) in [6.45, 7) is 3.51. The van der Waals surface area contributed by atoms with E-state index < -0.39 is 0 Å². The van der Waals surface area contributed by atoms with Gasteiger partial charge >= 0.3 is 0 Å². The molecule has 3 aromatic heterocycles. The predicted octanol–water partition coefficient (Wildman–Crippen LogP) is 5.05. The zero-order valence-electron chi connectivity index (χ0n) is 21.3. The summed E-state index contributed by atoms with van der Waals surface area (Å²) in [5, 5.41) is 17.1. The molecule has 4 aliphatic rings. The second-order valence-electron chi connectivity index (χ2n) is 11.5. The number of para-hydroxylation sites is 1. The maximum absolute atomic E-state index is 13.8. The molecule has 3 heterocycles. The first-order valence-corrected chi connectivity index (χ1v) is 13.6. The van der Waals surface area contributed by atoms with Gasteiger partial charge in [0.2, 0.25) is 0 Å². The van der Waals surface area contributed by atoms with Crippen molar-refractivity contribution in [3.63, 3.8) is 0 Å². The molecule has 4 bridgehead atoms. The molecule has 0 saturated heterocycles. The minimum Gasteiger partial charge on any atom is -0.319 e. The number of nitrogens with zero attached hydrogens (tertiary/aromatic N) is 6. The van der Waals surface area contributed by atoms with Crippen LogP contribution in [-0.2, 0) is 18.5 Å². The summed E-state index contributed by atoms with van der Waals surface area (Å²) in [6.07, 6.45) is 17.0. The first kappa shape index (κ1) is 22.5. The van der Waals surface area contributed by atoms with Crippen molar-refractivity contribution in [3.8, 4) is 5.69 Å². The normalized spacial score (nSPS) is 26.0. The number of carbonyl (C=O) groups excluding carboxylic acids is 1. The second-order valence-corrected chi connectivity index (χ2v) is 11.5. The van der Waals surface area contributed by atoms with E-state index in [9.17, 15) is 4.79 Å². The number of carbonyl (C=O) groups is 1. The quantitative estimate of drug-likeness (QED) is 0.389. The Morgan fingerprint density at radius 2 is 1.65 bits per heavy atom. The number of nitrogens with one attached hydrogen (secondary N) is 1. The molecule has 1 N–H and O–H groups in total. The highest BCUT2D eigenvalue weighted by Crippen LogP contribution is 2.60. The molecule has 8 rings (SSSR count). The van der Waals surface area contributed by atoms with Crippen molar-refractivity contribution >= 4 is 11.6 Å². The molecule has 8 heteroatoms. The molecule has 0 aliphatic heterocycles. The zero-order chi connectivity index (χ0) is 25.0. The molecule has 4 aliphatic carbocycles. The number of amides is 1. The lowest BCUT2D eigenvalue weighted by molar-refractivity contribution is -0.00765. The molecule has 0 radical (unpaired) electrons. The molecule has 4 aromatic rings. The van der Waals surface area contributed by atoms with E-state index in [4.69, 9.17) is 5.10 Å². The number of hydrogen-bond acceptors (Lipinski definition) is 4. The highest BCUT2D eigenvalue weighted by atomic mass is 16.1. The Hall–Kier alpha value is -3.68. The van der Waals surface area contributed by atoms with Crippen LogP contribution in [0.15, 0.2) is 61.3 Å². The average Bonchev–Trinajstić information content (AvgIpc) is 3.64. The Morgan fingerprint density at radius 3 is 2.32 bits per heavy atom. The van der Waals surface area contributed by atoms with E-state index in [0.29, 0.717) is 17.8 Å². The SMILES string of the molecule is CCn1cc(Cn2cc(NC(=O)c3cn(-c4ccccc4)nc3C34CC5CC(CC(C5)C3)C4)cn2)cn1. The fraction of sp³-hybridized carbons (Fsp3) is 0.448. The standard InChI is InChI=1S/C29H33N7O/c1-2-34-16-23(14-30-34)17-35-18-24(15-31-35)32-28(37)26-19-36(25-6-4-3-5-7-25)33-27(26)29-11-20-8-21(12-29)10-22(9-20)13-29/h3-7,14-16,18-22H,2,8-13,17H2,1H3,(H,32,37). The molecule has 0 unspecified atom stereocenters. The molecule has 190 valence electrons. The molecule has 1 amide bonds. The van der Waals surface area contributed by atoms with Gasteiger partial charge in [0.15, 0.2) is 0 Å². The fourth-order valence-corrected chi connectivity index (χ4v) is 7.61. The molecular weight excluding hydrogens is 462 g/mol. The van der Waals surface area contributed by atoms with Gasteiger partial charge in [0.25, 0.3) is 5.91 Å². The van der Waals surface area contributed by atoms with Crippen molar-refractivity contribution in [2.24, 2.45) is 17.8 Å². The lowest BCUT2D eigenvalue weighted by Gasteiger charge is -2.56. The minimum absolute atomic E-state index is 0.0189. The Kier molecular flexibility index (Phi) is 5.30. The highest BCUT2D eigenvalue weighted by molar-refractivity contribution is 6.05. The molecule has 4 saturated carbocycles. The van der Waals surface area contributed by atoms with Gasteiger partial charge in [-0.15, -0.1) is 0 Å². The first-order valence-electron chi connectivity index (χ1n) is 13.6. The van der Waals surface area contributed by atoms with E-state index in [1.165, 1.54) is 19.3 Å². The van der Waals surface area contributed by atoms with Crippen LogP contribution in [0.4, 0.5) is 5.69 Å². The van der Waals surface area contributed by atoms with Crippen molar-refractivity contribution in [2.45, 2.75) is 64.0 Å². The van der Waals surface area contributed by atoms with Crippen molar-refractivity contribution in [3.05, 3.63) is 78.1 Å². The van der Waals surface area contributed by atoms with Crippen molar-refractivity contribution in [2.75, 3.05) is 5.32 Å². The number of benzene rings is 1. The van der Waals surface area contributed by atoms with Gasteiger partial charge in [0.1, 0.15) is 0 Å². The molecule has 1 aromatic carbocycles. The number of aromatic nitrogens is 6. The third-order valence-electron chi connectivity index (χ3n) is 8.77. The van der Waals surface area contributed by atoms with Gasteiger partial charge in [-0.2, -0.15) is 15.3 Å². The summed E-state index contributed by atoms with van der Waals surface area (Å²) in [7, 11) is 0. The van der Waals surface area contributed by atoms with Crippen molar-refractivity contribution in [1.29, 1.82) is 0 Å². The van der Waals surface area contributed by atoms with Gasteiger partial charge in [0.05, 0.1) is 41.6 Å². The van der Waals surface area contributed by atoms with E-state index in [1.807, 2.05) is 69.2 Å². The molecule has 0 atom stereocenters.